The van der Waals surface area contributed by atoms with Crippen LogP contribution >= 0.6 is 0 Å². The number of aliphatic hydroxyl groups excluding tert-OH is 1. The van der Waals surface area contributed by atoms with E-state index in [1.54, 1.807) is 0 Å². The van der Waals surface area contributed by atoms with Crippen LogP contribution in [0.2, 0.25) is 0 Å². The van der Waals surface area contributed by atoms with Crippen molar-refractivity contribution in [3.05, 3.63) is 29.3 Å². The van der Waals surface area contributed by atoms with Crippen molar-refractivity contribution in [1.29, 1.82) is 0 Å². The molecule has 0 radical (unpaired) electrons. The molecule has 1 aromatic rings. The fraction of sp³-hybridized carbons (Fsp3) is 0.684. The monoisotopic (exact) mass is 336 g/mol. The minimum Gasteiger partial charge on any atom is -0.491 e. The van der Waals surface area contributed by atoms with Crippen LogP contribution in [0, 0.1) is 13.8 Å². The molecule has 1 aliphatic rings. The van der Waals surface area contributed by atoms with Crippen molar-refractivity contribution in [2.24, 2.45) is 0 Å². The van der Waals surface area contributed by atoms with E-state index in [1.165, 1.54) is 11.1 Å². The van der Waals surface area contributed by atoms with Crippen LogP contribution in [0.15, 0.2) is 18.2 Å². The Morgan fingerprint density at radius 2 is 1.75 bits per heavy atom. The highest BCUT2D eigenvalue weighted by molar-refractivity contribution is 5.33. The fourth-order valence-electron chi connectivity index (χ4n) is 2.88. The largest absolute Gasteiger partial charge is 0.491 e. The van der Waals surface area contributed by atoms with Crippen LogP contribution in [-0.4, -0.2) is 80.1 Å². The molecule has 0 aromatic heterocycles. The van der Waals surface area contributed by atoms with Crippen LogP contribution < -0.4 is 4.74 Å². The molecule has 0 amide bonds. The zero-order valence-electron chi connectivity index (χ0n) is 15.3. The number of aryl methyl sites for hydroxylation is 2. The Morgan fingerprint density at radius 3 is 2.42 bits per heavy atom. The number of piperazine rings is 1. The highest BCUT2D eigenvalue weighted by atomic mass is 16.5. The van der Waals surface area contributed by atoms with Crippen molar-refractivity contribution in [2.45, 2.75) is 26.9 Å². The SMILES string of the molecule is CCN1CCN(C[C@H](O)COCCOc2ccc(C)c(C)c2)CC1. The average molecular weight is 336 g/mol. The maximum Gasteiger partial charge on any atom is 0.119 e. The molecule has 1 N–H and O–H groups in total. The van der Waals surface area contributed by atoms with Crippen LogP contribution in [0.3, 0.4) is 0 Å². The van der Waals surface area contributed by atoms with E-state index in [-0.39, 0.29) is 0 Å². The maximum atomic E-state index is 10.1. The molecule has 1 aliphatic heterocycles. The number of likely N-dealkylation sites (N-methyl/N-ethyl adjacent to an activating group) is 1. The number of rotatable bonds is 9. The van der Waals surface area contributed by atoms with Crippen molar-refractivity contribution < 1.29 is 14.6 Å². The quantitative estimate of drug-likeness (QED) is 0.696. The Labute approximate surface area is 146 Å². The van der Waals surface area contributed by atoms with Gasteiger partial charge in [-0.15, -0.1) is 0 Å². The van der Waals surface area contributed by atoms with Crippen LogP contribution in [0.4, 0.5) is 0 Å². The number of hydrogen-bond donors (Lipinski definition) is 1. The van der Waals surface area contributed by atoms with Gasteiger partial charge < -0.3 is 19.5 Å². The van der Waals surface area contributed by atoms with Crippen molar-refractivity contribution in [3.63, 3.8) is 0 Å². The lowest BCUT2D eigenvalue weighted by molar-refractivity contribution is 0.000388. The Balaban J connectivity index is 1.54. The van der Waals surface area contributed by atoms with Crippen LogP contribution in [0.25, 0.3) is 0 Å². The van der Waals surface area contributed by atoms with E-state index >= 15 is 0 Å². The fourth-order valence-corrected chi connectivity index (χ4v) is 2.88. The van der Waals surface area contributed by atoms with Gasteiger partial charge in [0.25, 0.3) is 0 Å². The highest BCUT2D eigenvalue weighted by Crippen LogP contribution is 2.16. The van der Waals surface area contributed by atoms with Crippen LogP contribution in [0.1, 0.15) is 18.1 Å². The molecule has 1 heterocycles. The summed E-state index contributed by atoms with van der Waals surface area (Å²) in [6.45, 7) is 13.8. The predicted molar refractivity (Wildman–Crippen MR) is 96.8 cm³/mol. The minimum atomic E-state index is -0.431. The minimum absolute atomic E-state index is 0.365. The molecule has 136 valence electrons. The first-order valence-electron chi connectivity index (χ1n) is 8.99. The van der Waals surface area contributed by atoms with Gasteiger partial charge in [-0.05, 0) is 43.7 Å². The third-order valence-corrected chi connectivity index (χ3v) is 4.67. The average Bonchev–Trinajstić information content (AvgIpc) is 2.58. The molecule has 0 aliphatic carbocycles. The smallest absolute Gasteiger partial charge is 0.119 e. The number of hydrogen-bond acceptors (Lipinski definition) is 5. The molecule has 5 heteroatoms. The summed E-state index contributed by atoms with van der Waals surface area (Å²) in [6, 6.07) is 6.08. The van der Waals surface area contributed by atoms with Gasteiger partial charge in [0.05, 0.1) is 19.3 Å². The van der Waals surface area contributed by atoms with Crippen LogP contribution in [0.5, 0.6) is 5.75 Å². The Kier molecular flexibility index (Phi) is 7.99. The molecule has 1 aromatic carbocycles. The predicted octanol–water partition coefficient (Wildman–Crippen LogP) is 1.70. The molecular formula is C19H32N2O3. The molecule has 0 saturated carbocycles. The van der Waals surface area contributed by atoms with E-state index in [4.69, 9.17) is 9.47 Å². The van der Waals surface area contributed by atoms with Crippen molar-refractivity contribution in [2.75, 3.05) is 59.1 Å². The second-order valence-electron chi connectivity index (χ2n) is 6.56. The summed E-state index contributed by atoms with van der Waals surface area (Å²) in [5.41, 5.74) is 2.49. The second kappa shape index (κ2) is 9.99. The molecule has 2 rings (SSSR count). The number of nitrogens with zero attached hydrogens (tertiary/aromatic N) is 2. The van der Waals surface area contributed by atoms with Gasteiger partial charge >= 0.3 is 0 Å². The molecule has 1 atom stereocenters. The van der Waals surface area contributed by atoms with E-state index < -0.39 is 6.10 Å². The first-order chi connectivity index (χ1) is 11.6. The van der Waals surface area contributed by atoms with Gasteiger partial charge in [-0.3, -0.25) is 4.90 Å². The zero-order valence-corrected chi connectivity index (χ0v) is 15.3. The number of benzene rings is 1. The Hall–Kier alpha value is -1.14. The molecule has 5 nitrogen and oxygen atoms in total. The van der Waals surface area contributed by atoms with Gasteiger partial charge in [0.1, 0.15) is 12.4 Å². The summed E-state index contributed by atoms with van der Waals surface area (Å²) < 4.78 is 11.2. The van der Waals surface area contributed by atoms with E-state index in [9.17, 15) is 5.11 Å². The van der Waals surface area contributed by atoms with Crippen molar-refractivity contribution in [3.8, 4) is 5.75 Å². The van der Waals surface area contributed by atoms with Gasteiger partial charge in [0, 0.05) is 32.7 Å². The number of aliphatic hydroxyl groups is 1. The standard InChI is InChI=1S/C19H32N2O3/c1-4-20-7-9-21(10-8-20)14-18(22)15-23-11-12-24-19-6-5-16(2)17(3)13-19/h5-6,13,18,22H,4,7-12,14-15H2,1-3H3/t18-/m0/s1. The van der Waals surface area contributed by atoms with Crippen molar-refractivity contribution in [1.82, 2.24) is 9.80 Å². The molecule has 0 unspecified atom stereocenters. The van der Waals surface area contributed by atoms with Gasteiger partial charge in [-0.25, -0.2) is 0 Å². The normalized spacial score (nSPS) is 17.8. The van der Waals surface area contributed by atoms with Gasteiger partial charge in [-0.1, -0.05) is 13.0 Å². The molecule has 1 saturated heterocycles. The molecule has 1 fully saturated rings. The summed E-state index contributed by atoms with van der Waals surface area (Å²) in [5.74, 6) is 0.871. The Bertz CT molecular complexity index is 488. The van der Waals surface area contributed by atoms with Crippen LogP contribution in [-0.2, 0) is 4.74 Å². The maximum absolute atomic E-state index is 10.1. The van der Waals surface area contributed by atoms with E-state index in [1.807, 2.05) is 12.1 Å². The van der Waals surface area contributed by atoms with E-state index in [0.717, 1.165) is 38.5 Å². The van der Waals surface area contributed by atoms with Gasteiger partial charge in [0.2, 0.25) is 0 Å². The summed E-state index contributed by atoms with van der Waals surface area (Å²) in [5, 5.41) is 10.1. The first-order valence-corrected chi connectivity index (χ1v) is 8.99. The lowest BCUT2D eigenvalue weighted by atomic mass is 10.1. The molecule has 24 heavy (non-hydrogen) atoms. The molecule has 0 bridgehead atoms. The lowest BCUT2D eigenvalue weighted by Gasteiger charge is -2.34. The zero-order chi connectivity index (χ0) is 17.4. The second-order valence-corrected chi connectivity index (χ2v) is 6.56. The summed E-state index contributed by atoms with van der Waals surface area (Å²) in [6.07, 6.45) is -0.431. The van der Waals surface area contributed by atoms with Crippen molar-refractivity contribution >= 4 is 0 Å². The summed E-state index contributed by atoms with van der Waals surface area (Å²) in [7, 11) is 0. The first kappa shape index (κ1) is 19.2. The third kappa shape index (κ3) is 6.40. The molecular weight excluding hydrogens is 304 g/mol. The number of ether oxygens (including phenoxy) is 2. The lowest BCUT2D eigenvalue weighted by Crippen LogP contribution is -2.48. The summed E-state index contributed by atoms with van der Waals surface area (Å²) >= 11 is 0. The third-order valence-electron chi connectivity index (χ3n) is 4.67. The highest BCUT2D eigenvalue weighted by Gasteiger charge is 2.18. The Morgan fingerprint density at radius 1 is 1.04 bits per heavy atom. The molecule has 0 spiro atoms. The number of β-amino-alcohol motifs (C(OH)–C–C–N with tert-alkyl or cyclic N) is 1. The topological polar surface area (TPSA) is 45.2 Å². The van der Waals surface area contributed by atoms with Gasteiger partial charge in [0.15, 0.2) is 0 Å². The summed E-state index contributed by atoms with van der Waals surface area (Å²) in [4.78, 5) is 4.75. The van der Waals surface area contributed by atoms with E-state index in [2.05, 4.69) is 36.6 Å². The van der Waals surface area contributed by atoms with Gasteiger partial charge in [-0.2, -0.15) is 0 Å². The van der Waals surface area contributed by atoms with E-state index in [0.29, 0.717) is 26.4 Å².